The van der Waals surface area contributed by atoms with Gasteiger partial charge >= 0.3 is 0 Å². The minimum absolute atomic E-state index is 0.00658. The normalized spacial score (nSPS) is 15.6. The molecule has 0 amide bonds. The molecule has 1 aliphatic carbocycles. The van der Waals surface area contributed by atoms with Crippen LogP contribution in [0.15, 0.2) is 4.79 Å². The van der Waals surface area contributed by atoms with Crippen molar-refractivity contribution in [3.8, 4) is 0 Å². The van der Waals surface area contributed by atoms with Gasteiger partial charge in [-0.25, -0.2) is 4.98 Å². The third-order valence-electron chi connectivity index (χ3n) is 4.06. The summed E-state index contributed by atoms with van der Waals surface area (Å²) in [6.45, 7) is 5.95. The molecule has 0 saturated carbocycles. The van der Waals surface area contributed by atoms with Crippen LogP contribution in [-0.4, -0.2) is 39.2 Å². The van der Waals surface area contributed by atoms with E-state index in [4.69, 9.17) is 0 Å². The number of rotatable bonds is 6. The number of nitrogens with one attached hydrogen (secondary N) is 1. The third kappa shape index (κ3) is 3.09. The molecule has 0 aromatic carbocycles. The van der Waals surface area contributed by atoms with Crippen LogP contribution in [0.2, 0.25) is 0 Å². The van der Waals surface area contributed by atoms with Gasteiger partial charge in [-0.05, 0) is 44.7 Å². The zero-order valence-corrected chi connectivity index (χ0v) is 14.0. The van der Waals surface area contributed by atoms with E-state index in [0.717, 1.165) is 42.4 Å². The Morgan fingerprint density at radius 3 is 3.00 bits per heavy atom. The molecule has 1 aliphatic rings. The molecule has 0 fully saturated rings. The molecule has 2 aromatic heterocycles. The molecule has 6 heteroatoms. The first-order chi connectivity index (χ1) is 10.6. The molecule has 0 spiro atoms. The van der Waals surface area contributed by atoms with Crippen LogP contribution in [0.5, 0.6) is 0 Å². The highest BCUT2D eigenvalue weighted by Gasteiger charge is 2.21. The van der Waals surface area contributed by atoms with Gasteiger partial charge in [0.2, 0.25) is 0 Å². The number of aromatic nitrogens is 2. The van der Waals surface area contributed by atoms with Gasteiger partial charge < -0.3 is 10.1 Å². The fourth-order valence-electron chi connectivity index (χ4n) is 3.26. The summed E-state index contributed by atoms with van der Waals surface area (Å²) >= 11 is 1.67. The molecule has 120 valence electrons. The Morgan fingerprint density at radius 2 is 2.27 bits per heavy atom. The molecule has 1 atom stereocenters. The van der Waals surface area contributed by atoms with Crippen LogP contribution in [0, 0.1) is 0 Å². The summed E-state index contributed by atoms with van der Waals surface area (Å²) in [7, 11) is 0. The zero-order chi connectivity index (χ0) is 15.7. The van der Waals surface area contributed by atoms with Gasteiger partial charge in [0.05, 0.1) is 18.0 Å². The molecule has 0 radical (unpaired) electrons. The zero-order valence-electron chi connectivity index (χ0n) is 13.2. The summed E-state index contributed by atoms with van der Waals surface area (Å²) in [6.07, 6.45) is 3.86. The van der Waals surface area contributed by atoms with E-state index in [-0.39, 0.29) is 11.7 Å². The molecule has 3 rings (SSSR count). The van der Waals surface area contributed by atoms with Gasteiger partial charge in [-0.2, -0.15) is 0 Å². The van der Waals surface area contributed by atoms with Crippen LogP contribution in [0.4, 0.5) is 0 Å². The maximum atomic E-state index is 12.4. The van der Waals surface area contributed by atoms with Gasteiger partial charge in [-0.15, -0.1) is 11.3 Å². The van der Waals surface area contributed by atoms with Crippen molar-refractivity contribution in [1.82, 2.24) is 14.9 Å². The Hall–Kier alpha value is -1.24. The first kappa shape index (κ1) is 15.6. The number of thiophene rings is 1. The molecule has 5 nitrogen and oxygen atoms in total. The van der Waals surface area contributed by atoms with E-state index in [9.17, 15) is 9.90 Å². The maximum Gasteiger partial charge on any atom is 0.259 e. The van der Waals surface area contributed by atoms with Crippen molar-refractivity contribution in [2.45, 2.75) is 52.2 Å². The number of hydrogen-bond donors (Lipinski definition) is 2. The minimum Gasteiger partial charge on any atom is -0.392 e. The standard InChI is InChI=1S/C16H23N3O2S/c1-3-7-19(8-10(2)20)9-13-17-15(21)14-11-5-4-6-12(11)22-16(14)18-13/h10,20H,3-9H2,1-2H3,(H,17,18,21). The highest BCUT2D eigenvalue weighted by molar-refractivity contribution is 7.18. The minimum atomic E-state index is -0.382. The van der Waals surface area contributed by atoms with Crippen molar-refractivity contribution in [2.24, 2.45) is 0 Å². The lowest BCUT2D eigenvalue weighted by Crippen LogP contribution is -2.32. The van der Waals surface area contributed by atoms with E-state index in [2.05, 4.69) is 21.8 Å². The molecule has 22 heavy (non-hydrogen) atoms. The van der Waals surface area contributed by atoms with E-state index < -0.39 is 0 Å². The lowest BCUT2D eigenvalue weighted by molar-refractivity contribution is 0.121. The molecule has 2 N–H and O–H groups in total. The Morgan fingerprint density at radius 1 is 1.45 bits per heavy atom. The van der Waals surface area contributed by atoms with Crippen LogP contribution >= 0.6 is 11.3 Å². The van der Waals surface area contributed by atoms with Crippen LogP contribution in [0.3, 0.4) is 0 Å². The van der Waals surface area contributed by atoms with E-state index in [1.807, 2.05) is 0 Å². The van der Waals surface area contributed by atoms with E-state index in [1.54, 1.807) is 18.3 Å². The Kier molecular flexibility index (Phi) is 4.61. The van der Waals surface area contributed by atoms with Crippen molar-refractivity contribution in [3.05, 3.63) is 26.6 Å². The first-order valence-corrected chi connectivity index (χ1v) is 8.84. The summed E-state index contributed by atoms with van der Waals surface area (Å²) < 4.78 is 0. The summed E-state index contributed by atoms with van der Waals surface area (Å²) in [5.74, 6) is 0.700. The molecule has 0 bridgehead atoms. The molecular formula is C16H23N3O2S. The molecule has 2 heterocycles. The molecule has 0 saturated heterocycles. The van der Waals surface area contributed by atoms with Crippen molar-refractivity contribution >= 4 is 21.6 Å². The number of aliphatic hydroxyl groups excluding tert-OH is 1. The van der Waals surface area contributed by atoms with Crippen molar-refractivity contribution in [1.29, 1.82) is 0 Å². The van der Waals surface area contributed by atoms with Crippen molar-refractivity contribution in [2.75, 3.05) is 13.1 Å². The van der Waals surface area contributed by atoms with Gasteiger partial charge in [-0.3, -0.25) is 9.69 Å². The van der Waals surface area contributed by atoms with Gasteiger partial charge in [0.25, 0.3) is 5.56 Å². The number of hydrogen-bond acceptors (Lipinski definition) is 5. The summed E-state index contributed by atoms with van der Waals surface area (Å²) in [4.78, 5) is 24.4. The largest absolute Gasteiger partial charge is 0.392 e. The molecule has 0 aliphatic heterocycles. The van der Waals surface area contributed by atoms with E-state index >= 15 is 0 Å². The number of nitrogens with zero attached hydrogens (tertiary/aromatic N) is 2. The third-order valence-corrected chi connectivity index (χ3v) is 5.25. The van der Waals surface area contributed by atoms with Crippen molar-refractivity contribution in [3.63, 3.8) is 0 Å². The van der Waals surface area contributed by atoms with Gasteiger partial charge in [0.15, 0.2) is 0 Å². The molecule has 2 aromatic rings. The predicted octanol–water partition coefficient (Wildman–Crippen LogP) is 2.07. The van der Waals surface area contributed by atoms with Crippen LogP contribution in [0.25, 0.3) is 10.2 Å². The van der Waals surface area contributed by atoms with E-state index in [0.29, 0.717) is 18.9 Å². The van der Waals surface area contributed by atoms with Crippen LogP contribution in [0.1, 0.15) is 43.0 Å². The highest BCUT2D eigenvalue weighted by atomic mass is 32.1. The van der Waals surface area contributed by atoms with Crippen molar-refractivity contribution < 1.29 is 5.11 Å². The Balaban J connectivity index is 1.90. The fraction of sp³-hybridized carbons (Fsp3) is 0.625. The monoisotopic (exact) mass is 321 g/mol. The Bertz CT molecular complexity index is 720. The second-order valence-corrected chi connectivity index (χ2v) is 7.22. The van der Waals surface area contributed by atoms with Crippen LogP contribution < -0.4 is 5.56 Å². The first-order valence-electron chi connectivity index (χ1n) is 8.02. The average Bonchev–Trinajstić information content (AvgIpc) is 2.97. The summed E-state index contributed by atoms with van der Waals surface area (Å²) in [6, 6.07) is 0. The average molecular weight is 321 g/mol. The van der Waals surface area contributed by atoms with Gasteiger partial charge in [-0.1, -0.05) is 6.92 Å². The number of aryl methyl sites for hydroxylation is 2. The SMILES string of the molecule is CCCN(Cc1nc2sc3c(c2c(=O)[nH]1)CCC3)CC(C)O. The fourth-order valence-corrected chi connectivity index (χ4v) is 4.54. The van der Waals surface area contributed by atoms with E-state index in [1.165, 1.54) is 10.4 Å². The molecular weight excluding hydrogens is 298 g/mol. The highest BCUT2D eigenvalue weighted by Crippen LogP contribution is 2.34. The topological polar surface area (TPSA) is 69.2 Å². The summed E-state index contributed by atoms with van der Waals surface area (Å²) in [5, 5.41) is 10.4. The number of fused-ring (bicyclic) bond motifs is 3. The second-order valence-electron chi connectivity index (χ2n) is 6.13. The lowest BCUT2D eigenvalue weighted by Gasteiger charge is -2.22. The lowest BCUT2D eigenvalue weighted by atomic mass is 10.2. The van der Waals surface area contributed by atoms with Gasteiger partial charge in [0.1, 0.15) is 10.7 Å². The van der Waals surface area contributed by atoms with Crippen LogP contribution in [-0.2, 0) is 19.4 Å². The summed E-state index contributed by atoms with van der Waals surface area (Å²) in [5.41, 5.74) is 1.21. The smallest absolute Gasteiger partial charge is 0.259 e. The van der Waals surface area contributed by atoms with Gasteiger partial charge in [0, 0.05) is 11.4 Å². The quantitative estimate of drug-likeness (QED) is 0.854. The maximum absolute atomic E-state index is 12.4. The number of aliphatic hydroxyl groups is 1. The number of aromatic amines is 1. The molecule has 1 unspecified atom stereocenters. The Labute approximate surface area is 134 Å². The second kappa shape index (κ2) is 6.48. The number of H-pyrrole nitrogens is 1. The predicted molar refractivity (Wildman–Crippen MR) is 89.5 cm³/mol.